The highest BCUT2D eigenvalue weighted by Gasteiger charge is 2.11. The van der Waals surface area contributed by atoms with E-state index in [0.717, 1.165) is 5.39 Å². The summed E-state index contributed by atoms with van der Waals surface area (Å²) in [7, 11) is 0. The molecule has 0 saturated carbocycles. The van der Waals surface area contributed by atoms with Gasteiger partial charge in [-0.2, -0.15) is 5.26 Å². The number of hydrogen-bond donors (Lipinski definition) is 2. The zero-order valence-electron chi connectivity index (χ0n) is 11.4. The van der Waals surface area contributed by atoms with Gasteiger partial charge in [0.2, 0.25) is 5.91 Å². The first-order chi connectivity index (χ1) is 10.7. The highest BCUT2D eigenvalue weighted by Crippen LogP contribution is 2.27. The largest absolute Gasteiger partial charge is 0.366 e. The van der Waals surface area contributed by atoms with Crippen LogP contribution in [0.4, 0.5) is 11.4 Å². The topological polar surface area (TPSA) is 105 Å². The number of nitrogens with zero attached hydrogens (tertiary/aromatic N) is 3. The van der Waals surface area contributed by atoms with Crippen LogP contribution >= 0.6 is 0 Å². The van der Waals surface area contributed by atoms with Gasteiger partial charge < -0.3 is 11.1 Å². The molecule has 0 fully saturated rings. The highest BCUT2D eigenvalue weighted by atomic mass is 16.1. The second-order valence-electron chi connectivity index (χ2n) is 4.62. The minimum absolute atomic E-state index is 0.183. The molecule has 6 heteroatoms. The maximum atomic E-state index is 11.3. The Morgan fingerprint density at radius 2 is 1.95 bits per heavy atom. The van der Waals surface area contributed by atoms with Gasteiger partial charge >= 0.3 is 0 Å². The lowest BCUT2D eigenvalue weighted by molar-refractivity contribution is 0.100. The van der Waals surface area contributed by atoms with Gasteiger partial charge in [-0.15, -0.1) is 10.2 Å². The van der Waals surface area contributed by atoms with Crippen LogP contribution in [0.15, 0.2) is 48.5 Å². The lowest BCUT2D eigenvalue weighted by Gasteiger charge is -2.11. The van der Waals surface area contributed by atoms with Gasteiger partial charge in [0.1, 0.15) is 6.07 Å². The van der Waals surface area contributed by atoms with Crippen LogP contribution in [0.2, 0.25) is 0 Å². The molecule has 3 rings (SSSR count). The molecule has 6 nitrogen and oxygen atoms in total. The first-order valence-corrected chi connectivity index (χ1v) is 6.51. The standard InChI is InChI=1S/C16H11N5O/c17-9-14-15(12-6-1-2-7-13(12)20-21-14)19-11-5-3-4-10(8-11)16(18)22/h1-8H,(H2,18,22)(H,19,20). The van der Waals surface area contributed by atoms with E-state index in [1.165, 1.54) is 0 Å². The van der Waals surface area contributed by atoms with Crippen molar-refractivity contribution in [1.29, 1.82) is 5.26 Å². The number of carbonyl (C=O) groups is 1. The van der Waals surface area contributed by atoms with Crippen LogP contribution in [0.3, 0.4) is 0 Å². The molecule has 0 unspecified atom stereocenters. The molecule has 3 aromatic rings. The molecular formula is C16H11N5O. The van der Waals surface area contributed by atoms with E-state index in [9.17, 15) is 10.1 Å². The monoisotopic (exact) mass is 289 g/mol. The van der Waals surface area contributed by atoms with Crippen molar-refractivity contribution in [3.63, 3.8) is 0 Å². The van der Waals surface area contributed by atoms with Crippen molar-refractivity contribution in [3.8, 4) is 6.07 Å². The lowest BCUT2D eigenvalue weighted by Crippen LogP contribution is -2.11. The molecule has 0 saturated heterocycles. The van der Waals surface area contributed by atoms with Crippen LogP contribution in [0.25, 0.3) is 10.9 Å². The van der Waals surface area contributed by atoms with E-state index in [1.54, 1.807) is 24.3 Å². The van der Waals surface area contributed by atoms with Gasteiger partial charge in [0.15, 0.2) is 5.69 Å². The summed E-state index contributed by atoms with van der Waals surface area (Å²) in [6, 6.07) is 16.1. The number of fused-ring (bicyclic) bond motifs is 1. The summed E-state index contributed by atoms with van der Waals surface area (Å²) in [6.07, 6.45) is 0. The third kappa shape index (κ3) is 2.43. The van der Waals surface area contributed by atoms with Crippen LogP contribution in [0.5, 0.6) is 0 Å². The Balaban J connectivity index is 2.12. The smallest absolute Gasteiger partial charge is 0.248 e. The molecule has 0 atom stereocenters. The fourth-order valence-corrected chi connectivity index (χ4v) is 2.15. The van der Waals surface area contributed by atoms with E-state index in [2.05, 4.69) is 15.5 Å². The molecule has 106 valence electrons. The van der Waals surface area contributed by atoms with Crippen LogP contribution in [-0.2, 0) is 0 Å². The fourth-order valence-electron chi connectivity index (χ4n) is 2.15. The number of aromatic nitrogens is 2. The quantitative estimate of drug-likeness (QED) is 0.770. The zero-order valence-corrected chi connectivity index (χ0v) is 11.4. The van der Waals surface area contributed by atoms with Crippen molar-refractivity contribution in [1.82, 2.24) is 10.2 Å². The summed E-state index contributed by atoms with van der Waals surface area (Å²) in [5.41, 5.74) is 7.72. The molecule has 0 aliphatic carbocycles. The van der Waals surface area contributed by atoms with Gasteiger partial charge in [-0.05, 0) is 24.3 Å². The summed E-state index contributed by atoms with van der Waals surface area (Å²) < 4.78 is 0. The molecule has 2 aromatic carbocycles. The molecule has 1 amide bonds. The number of benzene rings is 2. The Morgan fingerprint density at radius 1 is 1.14 bits per heavy atom. The molecule has 22 heavy (non-hydrogen) atoms. The number of carbonyl (C=O) groups excluding carboxylic acids is 1. The Kier molecular flexibility index (Phi) is 3.38. The van der Waals surface area contributed by atoms with Crippen LogP contribution in [0, 0.1) is 11.3 Å². The number of nitriles is 1. The van der Waals surface area contributed by atoms with E-state index in [0.29, 0.717) is 22.5 Å². The third-order valence-corrected chi connectivity index (χ3v) is 3.19. The Bertz CT molecular complexity index is 914. The number of hydrogen-bond acceptors (Lipinski definition) is 5. The molecular weight excluding hydrogens is 278 g/mol. The third-order valence-electron chi connectivity index (χ3n) is 3.19. The SMILES string of the molecule is N#Cc1nnc2ccccc2c1Nc1cccc(C(N)=O)c1. The normalized spacial score (nSPS) is 10.1. The predicted molar refractivity (Wildman–Crippen MR) is 82.5 cm³/mol. The van der Waals surface area contributed by atoms with Crippen LogP contribution < -0.4 is 11.1 Å². The molecule has 1 heterocycles. The molecule has 0 spiro atoms. The number of amides is 1. The average Bonchev–Trinajstić information content (AvgIpc) is 2.55. The van der Waals surface area contributed by atoms with Crippen molar-refractivity contribution in [2.24, 2.45) is 5.73 Å². The molecule has 0 aliphatic heterocycles. The van der Waals surface area contributed by atoms with Gasteiger partial charge in [0.25, 0.3) is 0 Å². The summed E-state index contributed by atoms with van der Waals surface area (Å²) in [4.78, 5) is 11.3. The van der Waals surface area contributed by atoms with Gasteiger partial charge in [-0.25, -0.2) is 0 Å². The van der Waals surface area contributed by atoms with Crippen molar-refractivity contribution in [2.45, 2.75) is 0 Å². The van der Waals surface area contributed by atoms with Crippen molar-refractivity contribution in [3.05, 3.63) is 59.8 Å². The molecule has 0 radical (unpaired) electrons. The predicted octanol–water partition coefficient (Wildman–Crippen LogP) is 2.34. The second-order valence-corrected chi connectivity index (χ2v) is 4.62. The molecule has 0 aliphatic rings. The summed E-state index contributed by atoms with van der Waals surface area (Å²) in [5, 5.41) is 21.1. The molecule has 1 aromatic heterocycles. The van der Waals surface area contributed by atoms with Gasteiger partial charge in [-0.3, -0.25) is 4.79 Å². The van der Waals surface area contributed by atoms with Crippen LogP contribution in [0.1, 0.15) is 16.1 Å². The van der Waals surface area contributed by atoms with Crippen molar-refractivity contribution in [2.75, 3.05) is 5.32 Å². The molecule has 0 bridgehead atoms. The molecule has 3 N–H and O–H groups in total. The van der Waals surface area contributed by atoms with E-state index in [-0.39, 0.29) is 5.69 Å². The Morgan fingerprint density at radius 3 is 2.73 bits per heavy atom. The summed E-state index contributed by atoms with van der Waals surface area (Å²) in [6.45, 7) is 0. The lowest BCUT2D eigenvalue weighted by atomic mass is 10.1. The van der Waals surface area contributed by atoms with Crippen LogP contribution in [-0.4, -0.2) is 16.1 Å². The Hall–Kier alpha value is -3.46. The number of nitrogens with two attached hydrogens (primary N) is 1. The van der Waals surface area contributed by atoms with Crippen molar-refractivity contribution >= 4 is 28.2 Å². The minimum Gasteiger partial charge on any atom is -0.366 e. The van der Waals surface area contributed by atoms with Gasteiger partial charge in [0.05, 0.1) is 11.2 Å². The second kappa shape index (κ2) is 5.50. The summed E-state index contributed by atoms with van der Waals surface area (Å²) in [5.74, 6) is -0.512. The van der Waals surface area contributed by atoms with E-state index in [1.807, 2.05) is 30.3 Å². The number of rotatable bonds is 3. The van der Waals surface area contributed by atoms with Crippen molar-refractivity contribution < 1.29 is 4.79 Å². The average molecular weight is 289 g/mol. The highest BCUT2D eigenvalue weighted by molar-refractivity contribution is 5.96. The number of nitrogens with one attached hydrogen (secondary N) is 1. The first kappa shape index (κ1) is 13.5. The van der Waals surface area contributed by atoms with E-state index < -0.39 is 5.91 Å². The summed E-state index contributed by atoms with van der Waals surface area (Å²) >= 11 is 0. The Labute approximate surface area is 126 Å². The van der Waals surface area contributed by atoms with Gasteiger partial charge in [0, 0.05) is 16.6 Å². The van der Waals surface area contributed by atoms with Gasteiger partial charge in [-0.1, -0.05) is 24.3 Å². The first-order valence-electron chi connectivity index (χ1n) is 6.51. The number of primary amides is 1. The zero-order chi connectivity index (χ0) is 15.5. The fraction of sp³-hybridized carbons (Fsp3) is 0. The maximum Gasteiger partial charge on any atom is 0.248 e. The maximum absolute atomic E-state index is 11.3. The van der Waals surface area contributed by atoms with E-state index in [4.69, 9.17) is 5.73 Å². The number of anilines is 2. The minimum atomic E-state index is -0.512. The van der Waals surface area contributed by atoms with E-state index >= 15 is 0 Å².